The molecule has 1 aliphatic rings. The first-order valence-corrected chi connectivity index (χ1v) is 9.76. The number of morpholine rings is 1. The number of hydrogen-bond donors (Lipinski definition) is 1. The molecule has 7 heteroatoms. The van der Waals surface area contributed by atoms with Gasteiger partial charge in [-0.25, -0.2) is 9.67 Å². The minimum absolute atomic E-state index is 0.168. The molecular formula is C22H24N4O3. The molecule has 2 heterocycles. The highest BCUT2D eigenvalue weighted by Crippen LogP contribution is 2.18. The van der Waals surface area contributed by atoms with Gasteiger partial charge < -0.3 is 9.84 Å². The van der Waals surface area contributed by atoms with Crippen LogP contribution in [0.2, 0.25) is 0 Å². The molecule has 150 valence electrons. The van der Waals surface area contributed by atoms with E-state index in [2.05, 4.69) is 15.0 Å². The average molecular weight is 392 g/mol. The Morgan fingerprint density at radius 3 is 2.59 bits per heavy atom. The summed E-state index contributed by atoms with van der Waals surface area (Å²) < 4.78 is 6.96. The summed E-state index contributed by atoms with van der Waals surface area (Å²) >= 11 is 0. The van der Waals surface area contributed by atoms with Crippen LogP contribution in [0.4, 0.5) is 0 Å². The van der Waals surface area contributed by atoms with Crippen molar-refractivity contribution in [2.75, 3.05) is 26.3 Å². The molecule has 0 saturated carbocycles. The molecule has 0 amide bonds. The molecule has 0 aliphatic carbocycles. The summed E-state index contributed by atoms with van der Waals surface area (Å²) in [6.45, 7) is 4.77. The molecule has 29 heavy (non-hydrogen) atoms. The zero-order valence-corrected chi connectivity index (χ0v) is 16.4. The Labute approximate surface area is 169 Å². The zero-order chi connectivity index (χ0) is 20.2. The number of nitrogens with zero attached hydrogens (tertiary/aromatic N) is 4. The van der Waals surface area contributed by atoms with Crippen LogP contribution >= 0.6 is 0 Å². The van der Waals surface area contributed by atoms with Crippen LogP contribution in [0.5, 0.6) is 5.75 Å². The van der Waals surface area contributed by atoms with Crippen LogP contribution in [0, 0.1) is 0 Å². The van der Waals surface area contributed by atoms with Crippen molar-refractivity contribution in [1.29, 1.82) is 0 Å². The van der Waals surface area contributed by atoms with Crippen molar-refractivity contribution >= 4 is 0 Å². The Hall–Kier alpha value is -3.03. The fourth-order valence-electron chi connectivity index (χ4n) is 3.52. The van der Waals surface area contributed by atoms with Crippen molar-refractivity contribution in [3.63, 3.8) is 0 Å². The topological polar surface area (TPSA) is 80.5 Å². The smallest absolute Gasteiger partial charge is 0.290 e. The number of aromatic hydroxyl groups is 1. The normalized spacial score (nSPS) is 15.9. The van der Waals surface area contributed by atoms with Crippen molar-refractivity contribution in [2.24, 2.45) is 0 Å². The highest BCUT2D eigenvalue weighted by Gasteiger charge is 2.23. The lowest BCUT2D eigenvalue weighted by molar-refractivity contribution is -0.000958. The standard InChI is InChI=1S/C22H24N4O3/c1-16(25-10-12-29-13-11-25)26-22(28)20(15-17-6-5-9-19(27)14-17)23-21(24-26)18-7-3-2-4-8-18/h2-9,14,16,27H,10-13,15H2,1H3. The van der Waals surface area contributed by atoms with Crippen LogP contribution in [0.1, 0.15) is 24.3 Å². The summed E-state index contributed by atoms with van der Waals surface area (Å²) in [5.41, 5.74) is 1.87. The molecular weight excluding hydrogens is 368 g/mol. The first-order chi connectivity index (χ1) is 14.1. The van der Waals surface area contributed by atoms with E-state index in [9.17, 15) is 9.90 Å². The van der Waals surface area contributed by atoms with Gasteiger partial charge in [-0.05, 0) is 24.6 Å². The summed E-state index contributed by atoms with van der Waals surface area (Å²) in [4.78, 5) is 20.0. The summed E-state index contributed by atoms with van der Waals surface area (Å²) in [6.07, 6.45) is 0.116. The number of ether oxygens (including phenoxy) is 1. The maximum atomic E-state index is 13.2. The van der Waals surface area contributed by atoms with Crippen molar-refractivity contribution in [3.8, 4) is 17.1 Å². The average Bonchev–Trinajstić information content (AvgIpc) is 2.76. The van der Waals surface area contributed by atoms with E-state index in [-0.39, 0.29) is 17.5 Å². The number of aromatic nitrogens is 3. The van der Waals surface area contributed by atoms with E-state index in [0.29, 0.717) is 31.2 Å². The van der Waals surface area contributed by atoms with Crippen LogP contribution in [-0.4, -0.2) is 51.1 Å². The van der Waals surface area contributed by atoms with Gasteiger partial charge in [-0.3, -0.25) is 9.69 Å². The van der Waals surface area contributed by atoms with E-state index in [4.69, 9.17) is 4.74 Å². The van der Waals surface area contributed by atoms with E-state index >= 15 is 0 Å². The first kappa shape index (κ1) is 19.3. The third kappa shape index (κ3) is 4.36. The largest absolute Gasteiger partial charge is 0.508 e. The van der Waals surface area contributed by atoms with E-state index in [0.717, 1.165) is 24.2 Å². The van der Waals surface area contributed by atoms with Crippen LogP contribution in [0.15, 0.2) is 59.4 Å². The molecule has 0 bridgehead atoms. The monoisotopic (exact) mass is 392 g/mol. The third-order valence-corrected chi connectivity index (χ3v) is 5.14. The summed E-state index contributed by atoms with van der Waals surface area (Å²) in [6, 6.07) is 16.5. The fourth-order valence-corrected chi connectivity index (χ4v) is 3.52. The SMILES string of the molecule is CC(N1CCOCC1)n1nc(-c2ccccc2)nc(Cc2cccc(O)c2)c1=O. The van der Waals surface area contributed by atoms with Crippen LogP contribution in [0.3, 0.4) is 0 Å². The molecule has 0 spiro atoms. The number of phenolic OH excluding ortho intramolecular Hbond substituents is 1. The summed E-state index contributed by atoms with van der Waals surface area (Å²) in [5.74, 6) is 0.683. The second-order valence-corrected chi connectivity index (χ2v) is 7.12. The molecule has 7 nitrogen and oxygen atoms in total. The molecule has 1 saturated heterocycles. The van der Waals surface area contributed by atoms with Crippen LogP contribution in [-0.2, 0) is 11.2 Å². The van der Waals surface area contributed by atoms with Gasteiger partial charge >= 0.3 is 0 Å². The van der Waals surface area contributed by atoms with Gasteiger partial charge in [0.15, 0.2) is 5.82 Å². The predicted octanol–water partition coefficient (Wildman–Crippen LogP) is 2.45. The second-order valence-electron chi connectivity index (χ2n) is 7.12. The fraction of sp³-hybridized carbons (Fsp3) is 0.318. The van der Waals surface area contributed by atoms with Crippen molar-refractivity contribution in [1.82, 2.24) is 19.7 Å². The Morgan fingerprint density at radius 2 is 1.86 bits per heavy atom. The molecule has 1 N–H and O–H groups in total. The summed E-state index contributed by atoms with van der Waals surface area (Å²) in [5, 5.41) is 14.4. The number of hydrogen-bond acceptors (Lipinski definition) is 6. The van der Waals surface area contributed by atoms with E-state index in [1.54, 1.807) is 18.2 Å². The molecule has 3 aromatic rings. The van der Waals surface area contributed by atoms with Gasteiger partial charge in [0.1, 0.15) is 17.6 Å². The minimum Gasteiger partial charge on any atom is -0.508 e. The highest BCUT2D eigenvalue weighted by atomic mass is 16.5. The van der Waals surface area contributed by atoms with Gasteiger partial charge in [-0.1, -0.05) is 42.5 Å². The number of rotatable bonds is 5. The molecule has 1 aromatic heterocycles. The lowest BCUT2D eigenvalue weighted by Crippen LogP contribution is -2.44. The maximum absolute atomic E-state index is 13.2. The summed E-state index contributed by atoms with van der Waals surface area (Å²) in [7, 11) is 0. The van der Waals surface area contributed by atoms with E-state index in [1.165, 1.54) is 4.68 Å². The molecule has 1 atom stereocenters. The van der Waals surface area contributed by atoms with Crippen LogP contribution < -0.4 is 5.56 Å². The van der Waals surface area contributed by atoms with Gasteiger partial charge in [0.05, 0.1) is 13.2 Å². The Morgan fingerprint density at radius 1 is 1.10 bits per heavy atom. The molecule has 4 rings (SSSR count). The van der Waals surface area contributed by atoms with Crippen molar-refractivity contribution in [2.45, 2.75) is 19.5 Å². The van der Waals surface area contributed by atoms with Gasteiger partial charge in [0.2, 0.25) is 0 Å². The Kier molecular flexibility index (Phi) is 5.69. The molecule has 0 radical (unpaired) electrons. The van der Waals surface area contributed by atoms with Crippen molar-refractivity contribution in [3.05, 3.63) is 76.2 Å². The zero-order valence-electron chi connectivity index (χ0n) is 16.4. The highest BCUT2D eigenvalue weighted by molar-refractivity contribution is 5.54. The lowest BCUT2D eigenvalue weighted by Gasteiger charge is -2.32. The molecule has 1 fully saturated rings. The second kappa shape index (κ2) is 8.55. The molecule has 1 unspecified atom stereocenters. The lowest BCUT2D eigenvalue weighted by atomic mass is 10.1. The predicted molar refractivity (Wildman–Crippen MR) is 110 cm³/mol. The molecule has 1 aliphatic heterocycles. The minimum atomic E-state index is -0.216. The van der Waals surface area contributed by atoms with Gasteiger partial charge in [0, 0.05) is 25.1 Å². The molecule has 2 aromatic carbocycles. The Balaban J connectivity index is 1.78. The maximum Gasteiger partial charge on any atom is 0.290 e. The van der Waals surface area contributed by atoms with Gasteiger partial charge in [-0.15, -0.1) is 5.10 Å². The number of phenols is 1. The van der Waals surface area contributed by atoms with Crippen molar-refractivity contribution < 1.29 is 9.84 Å². The van der Waals surface area contributed by atoms with Gasteiger partial charge in [-0.2, -0.15) is 0 Å². The van der Waals surface area contributed by atoms with Crippen LogP contribution in [0.25, 0.3) is 11.4 Å². The first-order valence-electron chi connectivity index (χ1n) is 9.76. The number of benzene rings is 2. The quantitative estimate of drug-likeness (QED) is 0.718. The van der Waals surface area contributed by atoms with E-state index < -0.39 is 0 Å². The Bertz CT molecular complexity index is 1030. The van der Waals surface area contributed by atoms with E-state index in [1.807, 2.05) is 43.3 Å². The third-order valence-electron chi connectivity index (χ3n) is 5.14. The van der Waals surface area contributed by atoms with Gasteiger partial charge in [0.25, 0.3) is 5.56 Å².